The molecule has 1 radical (unpaired) electrons. The second-order valence-corrected chi connectivity index (χ2v) is 2.14. The predicted octanol–water partition coefficient (Wildman–Crippen LogP) is -2.28. The van der Waals surface area contributed by atoms with Crippen LogP contribution >= 0.6 is 0 Å². The summed E-state index contributed by atoms with van der Waals surface area (Å²) in [6.07, 6.45) is 2.99. The summed E-state index contributed by atoms with van der Waals surface area (Å²) in [4.78, 5) is 31.6. The number of carboxylic acid groups (broad SMARTS) is 1. The third kappa shape index (κ3) is 5.40. The molecule has 1 aromatic rings. The number of aliphatic carboxylic acids is 1. The van der Waals surface area contributed by atoms with Crippen LogP contribution in [-0.4, -0.2) is 17.0 Å². The topological polar surface area (TPSA) is 127 Å². The van der Waals surface area contributed by atoms with E-state index in [4.69, 9.17) is 15.7 Å². The molecule has 1 atom stereocenters. The maximum absolute atomic E-state index is 10.1. The van der Waals surface area contributed by atoms with Crippen molar-refractivity contribution < 1.29 is 26.7 Å². The number of hydrogen-bond acceptors (Lipinski definition) is 6. The molecule has 0 aliphatic rings. The molecule has 0 fully saturated rings. The van der Waals surface area contributed by atoms with Crippen molar-refractivity contribution in [2.75, 3.05) is 0 Å². The summed E-state index contributed by atoms with van der Waals surface area (Å²) in [5.41, 5.74) is 5.75. The van der Waals surface area contributed by atoms with E-state index in [-0.39, 0.29) is 23.2 Å². The molecule has 1 rings (SSSR count). The van der Waals surface area contributed by atoms with Gasteiger partial charge in [0, 0.05) is 16.0 Å². The minimum Gasteiger partial charge on any atom is -0.548 e. The fourth-order valence-corrected chi connectivity index (χ4v) is 0.674. The fourth-order valence-electron chi connectivity index (χ4n) is 0.674. The first kappa shape index (κ1) is 15.2. The number of carbonyl (C=O) groups is 1. The first-order valence-electron chi connectivity index (χ1n) is 3.25. The summed E-state index contributed by atoms with van der Waals surface area (Å²) < 4.78 is 0. The van der Waals surface area contributed by atoms with Crippen molar-refractivity contribution in [2.45, 2.75) is 12.5 Å². The van der Waals surface area contributed by atoms with Crippen molar-refractivity contribution in [3.8, 4) is 0 Å². The minimum atomic E-state index is -1.27. The second kappa shape index (κ2) is 8.35. The molecule has 1 heterocycles. The summed E-state index contributed by atoms with van der Waals surface area (Å²) in [5, 5.41) is 10.1. The normalized spacial score (nSPS) is 10.4. The molecule has 0 saturated carbocycles. The van der Waals surface area contributed by atoms with Crippen molar-refractivity contribution in [3.05, 3.63) is 28.1 Å². The van der Waals surface area contributed by atoms with Gasteiger partial charge in [0.15, 0.2) is 0 Å². The molecule has 0 saturated heterocycles. The Balaban J connectivity index is 0. The number of carbonyl (C=O) groups excluding carboxylic acids is 1. The maximum atomic E-state index is 10.1. The smallest absolute Gasteiger partial charge is 0.548 e. The Bertz CT molecular complexity index is 254. The molecule has 0 aliphatic carbocycles. The number of rotatable bonds is 3. The Kier molecular flexibility index (Phi) is 9.08. The van der Waals surface area contributed by atoms with E-state index in [1.54, 1.807) is 0 Å². The Labute approximate surface area is 89.5 Å². The number of carboxylic acids is 1. The van der Waals surface area contributed by atoms with E-state index < -0.39 is 12.0 Å². The van der Waals surface area contributed by atoms with Crippen LogP contribution in [0.2, 0.25) is 0 Å². The van der Waals surface area contributed by atoms with Crippen LogP contribution in [0.15, 0.2) is 12.5 Å². The number of hydrogen-bond donors (Lipinski definition) is 1. The average molecular weight is 244 g/mol. The molecule has 2 N–H and O–H groups in total. The van der Waals surface area contributed by atoms with Gasteiger partial charge in [-0.15, -0.1) is 0 Å². The van der Waals surface area contributed by atoms with Gasteiger partial charge < -0.3 is 25.6 Å². The van der Waals surface area contributed by atoms with Gasteiger partial charge in [-0.1, -0.05) is 18.2 Å². The number of aromatic nitrogens is 2. The molecule has 1 aromatic heterocycles. The van der Waals surface area contributed by atoms with Gasteiger partial charge in [-0.05, 0) is 6.42 Å². The molecule has 7 nitrogen and oxygen atoms in total. The third-order valence-electron chi connectivity index (χ3n) is 1.25. The number of imidazole rings is 1. The summed E-state index contributed by atoms with van der Waals surface area (Å²) >= 11 is 0. The van der Waals surface area contributed by atoms with E-state index in [0.29, 0.717) is 5.69 Å². The molecule has 79 valence electrons. The average Bonchev–Trinajstić information content (AvgIpc) is 2.60. The van der Waals surface area contributed by atoms with Crippen LogP contribution in [0, 0.1) is 9.93 Å². The van der Waals surface area contributed by atoms with Gasteiger partial charge in [0.1, 0.15) is 0 Å². The third-order valence-corrected chi connectivity index (χ3v) is 1.25. The zero-order valence-corrected chi connectivity index (χ0v) is 7.92. The monoisotopic (exact) mass is 244 g/mol. The Morgan fingerprint density at radius 2 is 2.21 bits per heavy atom. The second-order valence-electron chi connectivity index (χ2n) is 2.14. The molecule has 1 unspecified atom stereocenters. The van der Waals surface area contributed by atoms with Crippen LogP contribution < -0.4 is 15.8 Å². The number of nitrogens with zero attached hydrogens (tertiary/aromatic N) is 2. The first-order valence-corrected chi connectivity index (χ1v) is 3.25. The van der Waals surface area contributed by atoms with Crippen molar-refractivity contribution >= 4 is 5.97 Å². The van der Waals surface area contributed by atoms with Crippen LogP contribution in [0.25, 0.3) is 0 Å². The SMILES string of the molecule is NC(Cc1c[n-]cn1)C(=O)[O-].O=O.[Co+2]. The van der Waals surface area contributed by atoms with Gasteiger partial charge in [0.2, 0.25) is 0 Å². The van der Waals surface area contributed by atoms with Gasteiger partial charge in [0.25, 0.3) is 0 Å². The van der Waals surface area contributed by atoms with E-state index in [0.717, 1.165) is 0 Å². The summed E-state index contributed by atoms with van der Waals surface area (Å²) in [6, 6.07) is -0.994. The molecule has 14 heavy (non-hydrogen) atoms. The molecule has 8 heteroatoms. The summed E-state index contributed by atoms with van der Waals surface area (Å²) in [5.74, 6) is -1.27. The largest absolute Gasteiger partial charge is 2.00 e. The van der Waals surface area contributed by atoms with Crippen LogP contribution in [0.4, 0.5) is 0 Å². The Morgan fingerprint density at radius 1 is 1.64 bits per heavy atom. The molecule has 0 spiro atoms. The minimum absolute atomic E-state index is 0. The Hall–Kier alpha value is -1.25. The zero-order valence-electron chi connectivity index (χ0n) is 6.88. The fraction of sp³-hybridized carbons (Fsp3) is 0.333. The van der Waals surface area contributed by atoms with Gasteiger partial charge in [-0.25, -0.2) is 0 Å². The molecule has 0 aliphatic heterocycles. The van der Waals surface area contributed by atoms with E-state index in [2.05, 4.69) is 9.97 Å². The van der Waals surface area contributed by atoms with E-state index >= 15 is 0 Å². The summed E-state index contributed by atoms with van der Waals surface area (Å²) in [6.45, 7) is 0. The van der Waals surface area contributed by atoms with E-state index in [1.165, 1.54) is 12.5 Å². The molecule has 0 bridgehead atoms. The van der Waals surface area contributed by atoms with Crippen LogP contribution in [0.3, 0.4) is 0 Å². The van der Waals surface area contributed by atoms with E-state index in [1.807, 2.05) is 0 Å². The van der Waals surface area contributed by atoms with Crippen LogP contribution in [-0.2, 0) is 28.0 Å². The standard InChI is InChI=1S/C6H9N3O2.Co.O2/c7-5(6(10)11)1-4-2-8-3-9-4;;1-2/h2-3,5H,1,7H2,(H2,8,9,10,11);;/q;+2;/p-2. The van der Waals surface area contributed by atoms with Crippen LogP contribution in [0.5, 0.6) is 0 Å². The van der Waals surface area contributed by atoms with Gasteiger partial charge in [0.05, 0.1) is 5.97 Å². The first-order chi connectivity index (χ1) is 6.20. The van der Waals surface area contributed by atoms with Gasteiger partial charge in [-0.3, -0.25) is 0 Å². The molecule has 0 amide bonds. The summed E-state index contributed by atoms with van der Waals surface area (Å²) in [7, 11) is 0. The molecule has 0 aromatic carbocycles. The molecular weight excluding hydrogens is 237 g/mol. The van der Waals surface area contributed by atoms with E-state index in [9.17, 15) is 9.90 Å². The molecular formula is C6H7CoN3O4. The number of nitrogens with two attached hydrogens (primary N) is 1. The van der Waals surface area contributed by atoms with Gasteiger partial charge >= 0.3 is 16.8 Å². The van der Waals surface area contributed by atoms with Crippen molar-refractivity contribution in [2.24, 2.45) is 5.73 Å². The quantitative estimate of drug-likeness (QED) is 0.634. The van der Waals surface area contributed by atoms with Crippen molar-refractivity contribution in [1.29, 1.82) is 0 Å². The predicted molar refractivity (Wildman–Crippen MR) is 41.0 cm³/mol. The zero-order chi connectivity index (χ0) is 10.3. The van der Waals surface area contributed by atoms with Crippen molar-refractivity contribution in [3.63, 3.8) is 0 Å². The van der Waals surface area contributed by atoms with Crippen LogP contribution in [0.1, 0.15) is 5.69 Å². The Morgan fingerprint density at radius 3 is 2.57 bits per heavy atom. The van der Waals surface area contributed by atoms with Gasteiger partial charge in [-0.2, -0.15) is 0 Å². The maximum Gasteiger partial charge on any atom is 2.00 e. The van der Waals surface area contributed by atoms with Crippen molar-refractivity contribution in [1.82, 2.24) is 9.97 Å².